The molecule has 5 nitrogen and oxygen atoms in total. The predicted molar refractivity (Wildman–Crippen MR) is 152 cm³/mol. The van der Waals surface area contributed by atoms with Crippen molar-refractivity contribution in [3.8, 4) is 11.8 Å². The largest absolute Gasteiger partial charge is 0.463 e. The van der Waals surface area contributed by atoms with E-state index >= 15 is 0 Å². The zero-order valence-electron chi connectivity index (χ0n) is 20.6. The van der Waals surface area contributed by atoms with Gasteiger partial charge < -0.3 is 14.8 Å². The van der Waals surface area contributed by atoms with E-state index in [2.05, 4.69) is 39.7 Å². The number of allylic oxidation sites excluding steroid dienone is 1. The first-order valence-electron chi connectivity index (χ1n) is 11.9. The van der Waals surface area contributed by atoms with Gasteiger partial charge >= 0.3 is 11.9 Å². The molecule has 0 saturated carbocycles. The Balaban J connectivity index is 1.82. The number of benzene rings is 3. The fraction of sp³-hybridized carbons (Fsp3) is 0.161. The van der Waals surface area contributed by atoms with E-state index in [1.165, 1.54) is 0 Å². The van der Waals surface area contributed by atoms with Crippen LogP contribution in [0.3, 0.4) is 0 Å². The van der Waals surface area contributed by atoms with Crippen LogP contribution in [0.15, 0.2) is 102 Å². The molecule has 186 valence electrons. The Labute approximate surface area is 230 Å². The molecule has 1 atom stereocenters. The second-order valence-electron chi connectivity index (χ2n) is 8.31. The van der Waals surface area contributed by atoms with Crippen molar-refractivity contribution in [2.45, 2.75) is 20.5 Å². The van der Waals surface area contributed by atoms with Gasteiger partial charge in [-0.05, 0) is 71.8 Å². The molecule has 3 aromatic rings. The van der Waals surface area contributed by atoms with E-state index in [1.807, 2.05) is 84.9 Å². The number of esters is 2. The highest BCUT2D eigenvalue weighted by molar-refractivity contribution is 14.1. The molecular weight excluding hydrogens is 577 g/mol. The molecule has 0 bridgehead atoms. The van der Waals surface area contributed by atoms with Crippen LogP contribution in [0.2, 0.25) is 0 Å². The number of hydrogen-bond donors (Lipinski definition) is 1. The average Bonchev–Trinajstić information content (AvgIpc) is 2.91. The first kappa shape index (κ1) is 26.2. The Hall–Kier alpha value is -3.83. The fourth-order valence-corrected chi connectivity index (χ4v) is 4.64. The lowest BCUT2D eigenvalue weighted by atomic mass is 9.84. The molecule has 1 N–H and O–H groups in total. The number of rotatable bonds is 6. The van der Waals surface area contributed by atoms with Crippen LogP contribution in [0.25, 0.3) is 5.70 Å². The third-order valence-corrected chi connectivity index (χ3v) is 6.41. The second-order valence-corrected chi connectivity index (χ2v) is 9.56. The lowest BCUT2D eigenvalue weighted by Gasteiger charge is -2.29. The fourth-order valence-electron chi connectivity index (χ4n) is 4.03. The van der Waals surface area contributed by atoms with Crippen molar-refractivity contribution in [1.82, 2.24) is 5.32 Å². The SMILES string of the molecule is CCOC(=O)C1=C(C)NC(c2ccccc2)=C(C(=O)OCc2cccc(I)c2)C1C#Cc1ccccc1. The zero-order valence-corrected chi connectivity index (χ0v) is 22.7. The van der Waals surface area contributed by atoms with Gasteiger partial charge in [0.2, 0.25) is 0 Å². The minimum atomic E-state index is -0.848. The Morgan fingerprint density at radius 3 is 2.24 bits per heavy atom. The first-order chi connectivity index (χ1) is 18.0. The molecule has 4 rings (SSSR count). The van der Waals surface area contributed by atoms with Crippen LogP contribution in [-0.4, -0.2) is 18.5 Å². The highest BCUT2D eigenvalue weighted by Gasteiger charge is 2.37. The summed E-state index contributed by atoms with van der Waals surface area (Å²) in [6.07, 6.45) is 0. The summed E-state index contributed by atoms with van der Waals surface area (Å²) in [6, 6.07) is 26.7. The maximum Gasteiger partial charge on any atom is 0.338 e. The minimum absolute atomic E-state index is 0.0948. The molecule has 3 aromatic carbocycles. The number of carbonyl (C=O) groups is 2. The maximum absolute atomic E-state index is 13.7. The zero-order chi connectivity index (χ0) is 26.2. The van der Waals surface area contributed by atoms with Crippen LogP contribution < -0.4 is 5.32 Å². The van der Waals surface area contributed by atoms with Gasteiger partial charge in [-0.2, -0.15) is 0 Å². The van der Waals surface area contributed by atoms with Crippen LogP contribution in [-0.2, 0) is 25.7 Å². The molecule has 1 unspecified atom stereocenters. The van der Waals surface area contributed by atoms with Gasteiger partial charge in [0.25, 0.3) is 0 Å². The predicted octanol–water partition coefficient (Wildman–Crippen LogP) is 5.85. The molecule has 0 radical (unpaired) electrons. The molecule has 1 aliphatic rings. The Bertz CT molecular complexity index is 1420. The molecular formula is C31H26INO4. The Morgan fingerprint density at radius 2 is 1.57 bits per heavy atom. The normalized spacial score (nSPS) is 14.8. The molecule has 37 heavy (non-hydrogen) atoms. The molecule has 0 fully saturated rings. The number of ether oxygens (including phenoxy) is 2. The van der Waals surface area contributed by atoms with E-state index in [1.54, 1.807) is 13.8 Å². The van der Waals surface area contributed by atoms with Crippen molar-refractivity contribution in [2.75, 3.05) is 6.61 Å². The molecule has 1 heterocycles. The van der Waals surface area contributed by atoms with Gasteiger partial charge in [0, 0.05) is 14.8 Å². The summed E-state index contributed by atoms with van der Waals surface area (Å²) in [5.74, 6) is 4.41. The third kappa shape index (κ3) is 6.49. The second kappa shape index (κ2) is 12.4. The molecule has 0 aromatic heterocycles. The van der Waals surface area contributed by atoms with E-state index in [-0.39, 0.29) is 18.8 Å². The summed E-state index contributed by atoms with van der Waals surface area (Å²) in [6.45, 7) is 3.84. The number of halogens is 1. The van der Waals surface area contributed by atoms with Gasteiger partial charge in [0.15, 0.2) is 0 Å². The van der Waals surface area contributed by atoms with Crippen LogP contribution in [0, 0.1) is 21.3 Å². The van der Waals surface area contributed by atoms with Gasteiger partial charge in [0.05, 0.1) is 29.4 Å². The van der Waals surface area contributed by atoms with Crippen molar-refractivity contribution in [1.29, 1.82) is 0 Å². The van der Waals surface area contributed by atoms with E-state index in [9.17, 15) is 9.59 Å². The smallest absolute Gasteiger partial charge is 0.338 e. The Morgan fingerprint density at radius 1 is 0.892 bits per heavy atom. The van der Waals surface area contributed by atoms with E-state index in [0.29, 0.717) is 17.0 Å². The van der Waals surface area contributed by atoms with Crippen LogP contribution >= 0.6 is 22.6 Å². The molecule has 0 aliphatic carbocycles. The maximum atomic E-state index is 13.7. The van der Waals surface area contributed by atoms with Crippen molar-refractivity contribution in [2.24, 2.45) is 5.92 Å². The van der Waals surface area contributed by atoms with E-state index in [4.69, 9.17) is 9.47 Å². The number of hydrogen-bond acceptors (Lipinski definition) is 5. The minimum Gasteiger partial charge on any atom is -0.463 e. The van der Waals surface area contributed by atoms with Gasteiger partial charge in [-0.3, -0.25) is 0 Å². The highest BCUT2D eigenvalue weighted by Crippen LogP contribution is 2.35. The van der Waals surface area contributed by atoms with Crippen molar-refractivity contribution < 1.29 is 19.1 Å². The lowest BCUT2D eigenvalue weighted by molar-refractivity contribution is -0.140. The topological polar surface area (TPSA) is 64.6 Å². The van der Waals surface area contributed by atoms with Crippen LogP contribution in [0.5, 0.6) is 0 Å². The van der Waals surface area contributed by atoms with Gasteiger partial charge in [-0.15, -0.1) is 0 Å². The van der Waals surface area contributed by atoms with Gasteiger partial charge in [0.1, 0.15) is 6.61 Å². The van der Waals surface area contributed by atoms with Gasteiger partial charge in [-0.25, -0.2) is 9.59 Å². The standard InChI is InChI=1S/C31H26INO4/c1-3-36-30(34)27-21(2)33-29(24-14-8-5-9-15-24)28(26(27)18-17-22-11-6-4-7-12-22)31(35)37-20-23-13-10-16-25(32)19-23/h4-16,19,26,33H,3,20H2,1-2H3. The van der Waals surface area contributed by atoms with Gasteiger partial charge in [-0.1, -0.05) is 72.5 Å². The van der Waals surface area contributed by atoms with Crippen molar-refractivity contribution in [3.63, 3.8) is 0 Å². The molecule has 0 saturated heterocycles. The average molecular weight is 603 g/mol. The molecule has 0 amide bonds. The molecule has 6 heteroatoms. The lowest BCUT2D eigenvalue weighted by Crippen LogP contribution is -2.33. The highest BCUT2D eigenvalue weighted by atomic mass is 127. The summed E-state index contributed by atoms with van der Waals surface area (Å²) >= 11 is 2.22. The summed E-state index contributed by atoms with van der Waals surface area (Å²) in [5.41, 5.74) is 4.15. The quantitative estimate of drug-likeness (QED) is 0.218. The van der Waals surface area contributed by atoms with Crippen LogP contribution in [0.1, 0.15) is 30.5 Å². The summed E-state index contributed by atoms with van der Waals surface area (Å²) in [5, 5.41) is 3.28. The van der Waals surface area contributed by atoms with Crippen molar-refractivity contribution in [3.05, 3.63) is 122 Å². The summed E-state index contributed by atoms with van der Waals surface area (Å²) in [4.78, 5) is 26.8. The summed E-state index contributed by atoms with van der Waals surface area (Å²) < 4.78 is 12.2. The first-order valence-corrected chi connectivity index (χ1v) is 13.0. The number of dihydropyridines is 1. The monoisotopic (exact) mass is 603 g/mol. The Kier molecular flexibility index (Phi) is 8.81. The molecule has 0 spiro atoms. The van der Waals surface area contributed by atoms with E-state index < -0.39 is 17.9 Å². The summed E-state index contributed by atoms with van der Waals surface area (Å²) in [7, 11) is 0. The third-order valence-electron chi connectivity index (χ3n) is 5.73. The number of nitrogens with one attached hydrogen (secondary N) is 1. The van der Waals surface area contributed by atoms with Crippen molar-refractivity contribution >= 4 is 40.2 Å². The number of carbonyl (C=O) groups excluding carboxylic acids is 2. The van der Waals surface area contributed by atoms with E-state index in [0.717, 1.165) is 20.3 Å². The van der Waals surface area contributed by atoms with Crippen LogP contribution in [0.4, 0.5) is 0 Å². The molecule has 1 aliphatic heterocycles.